The number of alkyl halides is 3. The van der Waals surface area contributed by atoms with Crippen LogP contribution in [0.4, 0.5) is 18.9 Å². The summed E-state index contributed by atoms with van der Waals surface area (Å²) in [5, 5.41) is 0. The van der Waals surface area contributed by atoms with Gasteiger partial charge in [-0.05, 0) is 41.5 Å². The van der Waals surface area contributed by atoms with Gasteiger partial charge in [-0.15, -0.1) is 0 Å². The molecule has 1 amide bonds. The van der Waals surface area contributed by atoms with Crippen molar-refractivity contribution in [3.63, 3.8) is 0 Å². The lowest BCUT2D eigenvalue weighted by Crippen LogP contribution is -2.29. The molecule has 0 fully saturated rings. The first kappa shape index (κ1) is 18.7. The zero-order valence-corrected chi connectivity index (χ0v) is 15.5. The maximum absolute atomic E-state index is 12.4. The second-order valence-corrected chi connectivity index (χ2v) is 8.30. The number of halogens is 4. The molecule has 1 heterocycles. The molecule has 0 saturated heterocycles. The van der Waals surface area contributed by atoms with Crippen molar-refractivity contribution in [2.24, 2.45) is 0 Å². The second-order valence-electron chi connectivity index (χ2n) is 5.71. The number of sulfonamides is 1. The van der Waals surface area contributed by atoms with E-state index in [-0.39, 0.29) is 18.1 Å². The van der Waals surface area contributed by atoms with Gasteiger partial charge in [0.2, 0.25) is 0 Å². The molecule has 0 aliphatic carbocycles. The largest absolute Gasteiger partial charge is 0.516 e. The van der Waals surface area contributed by atoms with Crippen LogP contribution in [0.25, 0.3) is 0 Å². The zero-order valence-electron chi connectivity index (χ0n) is 13.0. The number of anilines is 1. The Balaban J connectivity index is 1.70. The number of hydrogen-bond acceptors (Lipinski definition) is 3. The van der Waals surface area contributed by atoms with E-state index in [4.69, 9.17) is 0 Å². The molecule has 10 heteroatoms. The molecule has 0 spiro atoms. The number of nitrogens with one attached hydrogen (secondary N) is 1. The summed E-state index contributed by atoms with van der Waals surface area (Å²) < 4.78 is 61.6. The fourth-order valence-corrected chi connectivity index (χ4v) is 3.56. The van der Waals surface area contributed by atoms with Crippen LogP contribution in [0, 0.1) is 0 Å². The number of amides is 1. The van der Waals surface area contributed by atoms with E-state index in [1.165, 1.54) is 29.0 Å². The maximum Gasteiger partial charge on any atom is 0.516 e. The number of benzene rings is 2. The van der Waals surface area contributed by atoms with Crippen molar-refractivity contribution in [2.75, 3.05) is 4.72 Å². The fourth-order valence-electron chi connectivity index (χ4n) is 2.59. The van der Waals surface area contributed by atoms with Gasteiger partial charge in [-0.1, -0.05) is 28.1 Å². The molecule has 1 N–H and O–H groups in total. The first-order chi connectivity index (χ1) is 12.1. The topological polar surface area (TPSA) is 66.5 Å². The van der Waals surface area contributed by atoms with Gasteiger partial charge in [0.25, 0.3) is 5.91 Å². The summed E-state index contributed by atoms with van der Waals surface area (Å²) in [5.41, 5.74) is -3.42. The lowest BCUT2D eigenvalue weighted by molar-refractivity contribution is -0.0429. The Kier molecular flexibility index (Phi) is 4.74. The van der Waals surface area contributed by atoms with Crippen LogP contribution in [0.1, 0.15) is 21.5 Å². The van der Waals surface area contributed by atoms with Gasteiger partial charge in [-0.2, -0.15) is 21.6 Å². The van der Waals surface area contributed by atoms with Crippen molar-refractivity contribution in [3.05, 3.63) is 63.6 Å². The highest BCUT2D eigenvalue weighted by Crippen LogP contribution is 2.28. The van der Waals surface area contributed by atoms with Gasteiger partial charge in [0.05, 0.1) is 0 Å². The molecule has 0 unspecified atom stereocenters. The van der Waals surface area contributed by atoms with E-state index in [9.17, 15) is 26.4 Å². The third-order valence-electron chi connectivity index (χ3n) is 3.83. The predicted molar refractivity (Wildman–Crippen MR) is 92.8 cm³/mol. The van der Waals surface area contributed by atoms with Crippen molar-refractivity contribution >= 4 is 37.5 Å². The van der Waals surface area contributed by atoms with Crippen LogP contribution in [0.2, 0.25) is 0 Å². The van der Waals surface area contributed by atoms with E-state index < -0.39 is 15.5 Å². The molecule has 0 atom stereocenters. The lowest BCUT2D eigenvalue weighted by Gasteiger charge is -2.16. The van der Waals surface area contributed by atoms with Gasteiger partial charge in [0, 0.05) is 28.8 Å². The second kappa shape index (κ2) is 6.58. The number of hydrogen-bond donors (Lipinski definition) is 1. The van der Waals surface area contributed by atoms with Crippen LogP contribution in [0.5, 0.6) is 0 Å². The summed E-state index contributed by atoms with van der Waals surface area (Å²) >= 11 is 3.35. The highest BCUT2D eigenvalue weighted by atomic mass is 79.9. The zero-order chi connectivity index (χ0) is 19.1. The molecule has 1 aliphatic heterocycles. The van der Waals surface area contributed by atoms with Crippen molar-refractivity contribution in [2.45, 2.75) is 18.6 Å². The molecule has 0 radical (unpaired) electrons. The van der Waals surface area contributed by atoms with Gasteiger partial charge >= 0.3 is 15.5 Å². The van der Waals surface area contributed by atoms with E-state index in [0.717, 1.165) is 10.0 Å². The number of carbonyl (C=O) groups excluding carboxylic acids is 1. The SMILES string of the molecule is O=C1c2ccc(Br)cc2CN1Cc1ccc(NS(=O)(=O)C(F)(F)F)cc1. The minimum Gasteiger partial charge on any atom is -0.330 e. The average molecular weight is 449 g/mol. The Morgan fingerprint density at radius 2 is 1.77 bits per heavy atom. The Hall–Kier alpha value is -2.07. The van der Waals surface area contributed by atoms with Crippen LogP contribution in [-0.4, -0.2) is 24.7 Å². The lowest BCUT2D eigenvalue weighted by atomic mass is 10.1. The molecule has 0 saturated carbocycles. The monoisotopic (exact) mass is 448 g/mol. The summed E-state index contributed by atoms with van der Waals surface area (Å²) in [5.74, 6) is -0.130. The average Bonchev–Trinajstić information content (AvgIpc) is 2.83. The Morgan fingerprint density at radius 1 is 1.12 bits per heavy atom. The standard InChI is InChI=1S/C16H12BrF3N2O3S/c17-12-3-6-14-11(7-12)9-22(15(14)23)8-10-1-4-13(5-2-10)21-26(24,25)16(18,19)20/h1-7,21H,8-9H2. The first-order valence-corrected chi connectivity index (χ1v) is 9.60. The normalized spacial score (nSPS) is 14.5. The van der Waals surface area contributed by atoms with Crippen LogP contribution in [0.3, 0.4) is 0 Å². The summed E-state index contributed by atoms with van der Waals surface area (Å²) in [6.07, 6.45) is 0. The molecule has 2 aromatic rings. The minimum atomic E-state index is -5.45. The minimum absolute atomic E-state index is 0.130. The fraction of sp³-hybridized carbons (Fsp3) is 0.188. The molecule has 0 bridgehead atoms. The van der Waals surface area contributed by atoms with Crippen LogP contribution in [-0.2, 0) is 23.1 Å². The molecule has 26 heavy (non-hydrogen) atoms. The van der Waals surface area contributed by atoms with Gasteiger partial charge in [-0.3, -0.25) is 9.52 Å². The highest BCUT2D eigenvalue weighted by Gasteiger charge is 2.46. The van der Waals surface area contributed by atoms with Crippen molar-refractivity contribution in [3.8, 4) is 0 Å². The maximum atomic E-state index is 12.4. The molecule has 138 valence electrons. The predicted octanol–water partition coefficient (Wildman–Crippen LogP) is 3.87. The Labute approximate surface area is 156 Å². The summed E-state index contributed by atoms with van der Waals surface area (Å²) in [7, 11) is -5.45. The van der Waals surface area contributed by atoms with Crippen LogP contribution in [0.15, 0.2) is 46.9 Å². The van der Waals surface area contributed by atoms with Gasteiger partial charge in [-0.25, -0.2) is 0 Å². The van der Waals surface area contributed by atoms with Gasteiger partial charge in [0.1, 0.15) is 0 Å². The first-order valence-electron chi connectivity index (χ1n) is 7.32. The Bertz CT molecular complexity index is 960. The summed E-state index contributed by atoms with van der Waals surface area (Å²) in [4.78, 5) is 14.0. The third-order valence-corrected chi connectivity index (χ3v) is 5.44. The Morgan fingerprint density at radius 3 is 2.38 bits per heavy atom. The van der Waals surface area contributed by atoms with Gasteiger partial charge in [0.15, 0.2) is 0 Å². The van der Waals surface area contributed by atoms with E-state index in [1.807, 2.05) is 6.07 Å². The van der Waals surface area contributed by atoms with E-state index >= 15 is 0 Å². The molecule has 3 rings (SSSR count). The van der Waals surface area contributed by atoms with E-state index in [1.54, 1.807) is 17.0 Å². The summed E-state index contributed by atoms with van der Waals surface area (Å²) in [6.45, 7) is 0.688. The van der Waals surface area contributed by atoms with Crippen LogP contribution >= 0.6 is 15.9 Å². The van der Waals surface area contributed by atoms with Crippen molar-refractivity contribution < 1.29 is 26.4 Å². The number of fused-ring (bicyclic) bond motifs is 1. The molecular formula is C16H12BrF3N2O3S. The molecule has 2 aromatic carbocycles. The number of rotatable bonds is 4. The van der Waals surface area contributed by atoms with E-state index in [2.05, 4.69) is 15.9 Å². The smallest absolute Gasteiger partial charge is 0.330 e. The highest BCUT2D eigenvalue weighted by molar-refractivity contribution is 9.10. The number of nitrogens with zero attached hydrogens (tertiary/aromatic N) is 1. The van der Waals surface area contributed by atoms with E-state index in [0.29, 0.717) is 17.7 Å². The molecule has 0 aromatic heterocycles. The summed E-state index contributed by atoms with van der Waals surface area (Å²) in [6, 6.07) is 10.8. The molecule has 1 aliphatic rings. The molecular weight excluding hydrogens is 437 g/mol. The van der Waals surface area contributed by atoms with Crippen LogP contribution < -0.4 is 4.72 Å². The quantitative estimate of drug-likeness (QED) is 0.771. The van der Waals surface area contributed by atoms with Crippen molar-refractivity contribution in [1.29, 1.82) is 0 Å². The van der Waals surface area contributed by atoms with Gasteiger partial charge < -0.3 is 4.90 Å². The van der Waals surface area contributed by atoms with Crippen molar-refractivity contribution in [1.82, 2.24) is 4.90 Å². The number of carbonyl (C=O) groups is 1. The molecule has 5 nitrogen and oxygen atoms in total. The third kappa shape index (κ3) is 3.70.